The Bertz CT molecular complexity index is 130. The van der Waals surface area contributed by atoms with Gasteiger partial charge in [-0.15, -0.1) is 0 Å². The van der Waals surface area contributed by atoms with Gasteiger partial charge in [0.25, 0.3) is 0 Å². The second kappa shape index (κ2) is 3.40. The molecule has 0 N–H and O–H groups in total. The van der Waals surface area contributed by atoms with Gasteiger partial charge in [-0.3, -0.25) is 0 Å². The van der Waals surface area contributed by atoms with E-state index in [9.17, 15) is 0 Å². The van der Waals surface area contributed by atoms with Gasteiger partial charge in [0.2, 0.25) is 0 Å². The molecule has 2 aliphatic carbocycles. The fourth-order valence-electron chi connectivity index (χ4n) is 3.63. The third-order valence-corrected chi connectivity index (χ3v) is 4.16. The van der Waals surface area contributed by atoms with Gasteiger partial charge in [0.1, 0.15) is 0 Å². The molecule has 0 spiro atoms. The van der Waals surface area contributed by atoms with Gasteiger partial charge in [0.15, 0.2) is 0 Å². The zero-order valence-electron chi connectivity index (χ0n) is 8.55. The molecule has 0 bridgehead atoms. The first-order chi connectivity index (χ1) is 5.86. The van der Waals surface area contributed by atoms with Crippen LogP contribution in [-0.4, -0.2) is 0 Å². The van der Waals surface area contributed by atoms with Gasteiger partial charge in [0.05, 0.1) is 0 Å². The van der Waals surface area contributed by atoms with Crippen LogP contribution in [0.25, 0.3) is 0 Å². The average Bonchev–Trinajstić information content (AvgIpc) is 2.01. The highest BCUT2D eigenvalue weighted by molar-refractivity contribution is 5.01. The van der Waals surface area contributed by atoms with Crippen LogP contribution in [0.15, 0.2) is 0 Å². The van der Waals surface area contributed by atoms with Crippen molar-refractivity contribution in [1.29, 1.82) is 0 Å². The van der Waals surface area contributed by atoms with Crippen molar-refractivity contribution in [3.63, 3.8) is 0 Å². The highest BCUT2D eigenvalue weighted by atomic mass is 14.6. The molecular formula is C12H22. The highest BCUT2D eigenvalue weighted by Gasteiger charge is 2.52. The summed E-state index contributed by atoms with van der Waals surface area (Å²) in [5.74, 6) is 4.65. The maximum Gasteiger partial charge on any atom is -0.0329 e. The molecule has 0 aromatic carbocycles. The van der Waals surface area contributed by atoms with E-state index in [4.69, 9.17) is 0 Å². The minimum atomic E-state index is 1.14. The molecule has 2 atom stereocenters. The molecule has 2 rings (SSSR count). The van der Waals surface area contributed by atoms with Gasteiger partial charge in [-0.1, -0.05) is 39.5 Å². The van der Waals surface area contributed by atoms with Gasteiger partial charge in [-0.2, -0.15) is 0 Å². The minimum absolute atomic E-state index is 1.14. The second-order valence-corrected chi connectivity index (χ2v) is 4.91. The summed E-state index contributed by atoms with van der Waals surface area (Å²) in [5.41, 5.74) is 0. The van der Waals surface area contributed by atoms with E-state index in [2.05, 4.69) is 13.8 Å². The highest BCUT2D eigenvalue weighted by Crippen LogP contribution is 2.60. The largest absolute Gasteiger partial charge is 0.0654 e. The molecule has 0 heteroatoms. The summed E-state index contributed by atoms with van der Waals surface area (Å²) in [7, 11) is 0. The molecule has 0 radical (unpaired) electrons. The van der Waals surface area contributed by atoms with E-state index < -0.39 is 0 Å². The molecule has 0 saturated heterocycles. The van der Waals surface area contributed by atoms with Crippen molar-refractivity contribution in [2.45, 2.75) is 52.4 Å². The zero-order valence-corrected chi connectivity index (χ0v) is 8.55. The Morgan fingerprint density at radius 1 is 0.917 bits per heavy atom. The van der Waals surface area contributed by atoms with Crippen LogP contribution in [0.4, 0.5) is 0 Å². The summed E-state index contributed by atoms with van der Waals surface area (Å²) in [4.78, 5) is 0. The number of fused-ring (bicyclic) bond motifs is 1. The summed E-state index contributed by atoms with van der Waals surface area (Å²) < 4.78 is 0. The summed E-state index contributed by atoms with van der Waals surface area (Å²) in [6, 6.07) is 0. The smallest absolute Gasteiger partial charge is 0.0329 e. The molecule has 0 aromatic rings. The molecule has 2 fully saturated rings. The van der Waals surface area contributed by atoms with Crippen molar-refractivity contribution in [3.05, 3.63) is 0 Å². The van der Waals surface area contributed by atoms with E-state index in [1.54, 1.807) is 12.8 Å². The molecule has 0 heterocycles. The van der Waals surface area contributed by atoms with Crippen molar-refractivity contribution in [1.82, 2.24) is 0 Å². The number of hydrogen-bond donors (Lipinski definition) is 0. The quantitative estimate of drug-likeness (QED) is 0.595. The normalized spacial score (nSPS) is 44.5. The average molecular weight is 166 g/mol. The summed E-state index contributed by atoms with van der Waals surface area (Å²) >= 11 is 0. The monoisotopic (exact) mass is 166 g/mol. The van der Waals surface area contributed by atoms with Gasteiger partial charge in [-0.25, -0.2) is 0 Å². The Hall–Kier alpha value is 0. The van der Waals surface area contributed by atoms with Gasteiger partial charge < -0.3 is 0 Å². The first-order valence-corrected chi connectivity index (χ1v) is 5.86. The predicted octanol–water partition coefficient (Wildman–Crippen LogP) is 3.86. The van der Waals surface area contributed by atoms with Crippen LogP contribution in [0.2, 0.25) is 0 Å². The van der Waals surface area contributed by atoms with Crippen LogP contribution in [0, 0.1) is 23.7 Å². The molecule has 2 unspecified atom stereocenters. The lowest BCUT2D eigenvalue weighted by Crippen LogP contribution is -2.51. The lowest BCUT2D eigenvalue weighted by Gasteiger charge is -2.59. The maximum atomic E-state index is 2.33. The molecule has 12 heavy (non-hydrogen) atoms. The first kappa shape index (κ1) is 8.59. The minimum Gasteiger partial charge on any atom is -0.0654 e. The predicted molar refractivity (Wildman–Crippen MR) is 53.0 cm³/mol. The summed E-state index contributed by atoms with van der Waals surface area (Å²) in [5, 5.41) is 0. The van der Waals surface area contributed by atoms with Crippen LogP contribution in [-0.2, 0) is 0 Å². The standard InChI is InChI=1S/C12H22/c1-3-5-9-7-11-8-10(6-4-2)12(9)11/h9-12H,3-8H2,1-2H3. The van der Waals surface area contributed by atoms with Crippen LogP contribution < -0.4 is 0 Å². The lowest BCUT2D eigenvalue weighted by molar-refractivity contribution is -0.0958. The Kier molecular flexibility index (Phi) is 2.43. The van der Waals surface area contributed by atoms with Crippen molar-refractivity contribution >= 4 is 0 Å². The molecule has 70 valence electrons. The molecule has 2 saturated carbocycles. The summed E-state index contributed by atoms with van der Waals surface area (Å²) in [6.45, 7) is 4.67. The van der Waals surface area contributed by atoms with Gasteiger partial charge in [0, 0.05) is 0 Å². The number of rotatable bonds is 4. The Morgan fingerprint density at radius 3 is 1.75 bits per heavy atom. The zero-order chi connectivity index (χ0) is 8.55. The SMILES string of the molecule is CCCC1CC2CC(CCC)C12. The van der Waals surface area contributed by atoms with E-state index in [1.807, 2.05) is 0 Å². The first-order valence-electron chi connectivity index (χ1n) is 5.86. The molecule has 0 aromatic heterocycles. The molecule has 0 nitrogen and oxygen atoms in total. The van der Waals surface area contributed by atoms with Crippen LogP contribution in [0.3, 0.4) is 0 Å². The van der Waals surface area contributed by atoms with E-state index >= 15 is 0 Å². The van der Waals surface area contributed by atoms with Gasteiger partial charge >= 0.3 is 0 Å². The molecule has 0 amide bonds. The second-order valence-electron chi connectivity index (χ2n) is 4.91. The van der Waals surface area contributed by atoms with Crippen molar-refractivity contribution in [2.24, 2.45) is 23.7 Å². The van der Waals surface area contributed by atoms with Crippen molar-refractivity contribution < 1.29 is 0 Å². The van der Waals surface area contributed by atoms with E-state index in [1.165, 1.54) is 37.5 Å². The van der Waals surface area contributed by atoms with E-state index in [-0.39, 0.29) is 0 Å². The number of hydrogen-bond acceptors (Lipinski definition) is 0. The fraction of sp³-hybridized carbons (Fsp3) is 1.00. The molecular weight excluding hydrogens is 144 g/mol. The summed E-state index contributed by atoms with van der Waals surface area (Å²) in [6.07, 6.45) is 9.01. The Balaban J connectivity index is 1.77. The Morgan fingerprint density at radius 2 is 1.42 bits per heavy atom. The van der Waals surface area contributed by atoms with Crippen LogP contribution >= 0.6 is 0 Å². The maximum absolute atomic E-state index is 2.33. The lowest BCUT2D eigenvalue weighted by atomic mass is 9.46. The van der Waals surface area contributed by atoms with Crippen molar-refractivity contribution in [2.75, 3.05) is 0 Å². The molecule has 2 aliphatic rings. The Labute approximate surface area is 76.7 Å². The molecule has 0 aliphatic heterocycles. The van der Waals surface area contributed by atoms with Crippen LogP contribution in [0.5, 0.6) is 0 Å². The van der Waals surface area contributed by atoms with Crippen molar-refractivity contribution in [3.8, 4) is 0 Å². The van der Waals surface area contributed by atoms with E-state index in [0.717, 1.165) is 11.8 Å². The van der Waals surface area contributed by atoms with E-state index in [0.29, 0.717) is 0 Å². The topological polar surface area (TPSA) is 0 Å². The third kappa shape index (κ3) is 1.20. The third-order valence-electron chi connectivity index (χ3n) is 4.16. The van der Waals surface area contributed by atoms with Gasteiger partial charge in [-0.05, 0) is 36.5 Å². The van der Waals surface area contributed by atoms with Crippen LogP contribution in [0.1, 0.15) is 52.4 Å². The fourth-order valence-corrected chi connectivity index (χ4v) is 3.63.